The molecule has 1 atom stereocenters. The van der Waals surface area contributed by atoms with Crippen LogP contribution in [0.3, 0.4) is 0 Å². The zero-order valence-corrected chi connectivity index (χ0v) is 17.5. The molecule has 0 bridgehead atoms. The summed E-state index contributed by atoms with van der Waals surface area (Å²) in [7, 11) is 0. The molecule has 4 rings (SSSR count). The number of nitrogens with one attached hydrogen (secondary N) is 1. The minimum Gasteiger partial charge on any atom is -0.494 e. The quantitative estimate of drug-likeness (QED) is 0.514. The van der Waals surface area contributed by atoms with Crippen LogP contribution >= 0.6 is 23.1 Å². The molecular formula is C22H24N2O2S2. The Morgan fingerprint density at radius 3 is 2.79 bits per heavy atom. The largest absolute Gasteiger partial charge is 0.494 e. The Morgan fingerprint density at radius 2 is 2.04 bits per heavy atom. The van der Waals surface area contributed by atoms with Crippen molar-refractivity contribution < 1.29 is 9.53 Å². The van der Waals surface area contributed by atoms with E-state index < -0.39 is 0 Å². The molecular weight excluding hydrogens is 388 g/mol. The van der Waals surface area contributed by atoms with Gasteiger partial charge in [0.1, 0.15) is 11.0 Å². The molecule has 3 aromatic rings. The first kappa shape index (κ1) is 19.3. The number of carbonyl (C=O) groups excluding carboxylic acids is 1. The third kappa shape index (κ3) is 4.50. The van der Waals surface area contributed by atoms with Gasteiger partial charge in [0.05, 0.1) is 16.8 Å². The summed E-state index contributed by atoms with van der Waals surface area (Å²) in [5, 5.41) is 2.96. The minimum absolute atomic E-state index is 0.0809. The lowest BCUT2D eigenvalue weighted by Crippen LogP contribution is -2.35. The molecule has 1 saturated carbocycles. The summed E-state index contributed by atoms with van der Waals surface area (Å²) in [6.07, 6.45) is 4.57. The number of benzene rings is 2. The molecule has 2 aromatic carbocycles. The molecule has 1 amide bonds. The number of amides is 1. The number of hydrogen-bond acceptors (Lipinski definition) is 5. The molecule has 1 aromatic heterocycles. The van der Waals surface area contributed by atoms with Crippen LogP contribution in [0.25, 0.3) is 10.2 Å². The third-order valence-electron chi connectivity index (χ3n) is 4.91. The first-order valence-corrected chi connectivity index (χ1v) is 11.5. The smallest absolute Gasteiger partial charge is 0.238 e. The van der Waals surface area contributed by atoms with E-state index in [1.54, 1.807) is 11.3 Å². The van der Waals surface area contributed by atoms with Crippen molar-refractivity contribution in [3.63, 3.8) is 0 Å². The van der Waals surface area contributed by atoms with Gasteiger partial charge in [-0.2, -0.15) is 0 Å². The van der Waals surface area contributed by atoms with E-state index in [0.29, 0.717) is 12.6 Å². The standard InChI is InChI=1S/C22H24N2O2S2/c1-2-26-17-12-13-18-19(14-17)27-22(24-18)28-20(15-8-4-3-5-9-15)21(25)23-16-10-6-7-11-16/h3-5,8-9,12-14,16,20H,2,6-7,10-11H2,1H3,(H,23,25). The van der Waals surface area contributed by atoms with Gasteiger partial charge in [0.15, 0.2) is 4.34 Å². The summed E-state index contributed by atoms with van der Waals surface area (Å²) in [5.41, 5.74) is 1.95. The highest BCUT2D eigenvalue weighted by atomic mass is 32.2. The monoisotopic (exact) mass is 412 g/mol. The highest BCUT2D eigenvalue weighted by molar-refractivity contribution is 8.02. The van der Waals surface area contributed by atoms with Crippen molar-refractivity contribution in [1.29, 1.82) is 0 Å². The van der Waals surface area contributed by atoms with Crippen LogP contribution in [0.1, 0.15) is 43.4 Å². The van der Waals surface area contributed by atoms with Crippen molar-refractivity contribution in [2.75, 3.05) is 6.61 Å². The summed E-state index contributed by atoms with van der Waals surface area (Å²) < 4.78 is 7.58. The van der Waals surface area contributed by atoms with Gasteiger partial charge < -0.3 is 10.1 Å². The molecule has 1 aliphatic carbocycles. The fourth-order valence-electron chi connectivity index (χ4n) is 3.54. The predicted octanol–water partition coefficient (Wildman–Crippen LogP) is 5.59. The van der Waals surface area contributed by atoms with Gasteiger partial charge in [-0.3, -0.25) is 4.79 Å². The fraction of sp³-hybridized carbons (Fsp3) is 0.364. The summed E-state index contributed by atoms with van der Waals surface area (Å²) >= 11 is 3.15. The van der Waals surface area contributed by atoms with E-state index in [9.17, 15) is 4.79 Å². The topological polar surface area (TPSA) is 51.2 Å². The normalized spacial score (nSPS) is 15.6. The van der Waals surface area contributed by atoms with Crippen molar-refractivity contribution in [3.8, 4) is 5.75 Å². The van der Waals surface area contributed by atoms with E-state index in [4.69, 9.17) is 9.72 Å². The van der Waals surface area contributed by atoms with Gasteiger partial charge in [0.2, 0.25) is 5.91 Å². The maximum atomic E-state index is 13.1. The van der Waals surface area contributed by atoms with E-state index in [2.05, 4.69) is 5.32 Å². The van der Waals surface area contributed by atoms with E-state index >= 15 is 0 Å². The summed E-state index contributed by atoms with van der Waals surface area (Å²) in [4.78, 5) is 17.8. The molecule has 1 heterocycles. The number of thiazole rings is 1. The molecule has 1 aliphatic rings. The fourth-order valence-corrected chi connectivity index (χ4v) is 5.84. The van der Waals surface area contributed by atoms with Gasteiger partial charge in [0, 0.05) is 6.04 Å². The lowest BCUT2D eigenvalue weighted by Gasteiger charge is -2.19. The number of hydrogen-bond donors (Lipinski definition) is 1. The van der Waals surface area contributed by atoms with Gasteiger partial charge in [-0.05, 0) is 43.5 Å². The second-order valence-corrected chi connectivity index (χ2v) is 9.32. The zero-order valence-electron chi connectivity index (χ0n) is 15.9. The van der Waals surface area contributed by atoms with Crippen molar-refractivity contribution in [1.82, 2.24) is 10.3 Å². The molecule has 28 heavy (non-hydrogen) atoms. The molecule has 0 spiro atoms. The number of carbonyl (C=O) groups is 1. The first-order chi connectivity index (χ1) is 13.7. The lowest BCUT2D eigenvalue weighted by molar-refractivity contribution is -0.121. The van der Waals surface area contributed by atoms with Crippen molar-refractivity contribution >= 4 is 39.2 Å². The van der Waals surface area contributed by atoms with Crippen LogP contribution in [0.2, 0.25) is 0 Å². The molecule has 1 fully saturated rings. The first-order valence-electron chi connectivity index (χ1n) is 9.78. The highest BCUT2D eigenvalue weighted by Crippen LogP contribution is 2.40. The van der Waals surface area contributed by atoms with Crippen LogP contribution in [0.5, 0.6) is 5.75 Å². The third-order valence-corrected chi connectivity index (χ3v) is 7.28. The van der Waals surface area contributed by atoms with E-state index in [1.807, 2.05) is 55.5 Å². The molecule has 0 aliphatic heterocycles. The van der Waals surface area contributed by atoms with Crippen LogP contribution < -0.4 is 10.1 Å². The number of fused-ring (bicyclic) bond motifs is 1. The van der Waals surface area contributed by atoms with Gasteiger partial charge in [0.25, 0.3) is 0 Å². The second-order valence-electron chi connectivity index (χ2n) is 6.94. The number of thioether (sulfide) groups is 1. The Labute approximate surface area is 173 Å². The average molecular weight is 413 g/mol. The summed E-state index contributed by atoms with van der Waals surface area (Å²) in [5.74, 6) is 0.936. The molecule has 4 nitrogen and oxygen atoms in total. The predicted molar refractivity (Wildman–Crippen MR) is 116 cm³/mol. The maximum Gasteiger partial charge on any atom is 0.238 e. The summed E-state index contributed by atoms with van der Waals surface area (Å²) in [6.45, 7) is 2.62. The minimum atomic E-state index is -0.297. The van der Waals surface area contributed by atoms with Crippen LogP contribution in [-0.2, 0) is 4.79 Å². The summed E-state index contributed by atoms with van der Waals surface area (Å²) in [6, 6.07) is 16.3. The van der Waals surface area contributed by atoms with Crippen molar-refractivity contribution in [2.24, 2.45) is 0 Å². The zero-order chi connectivity index (χ0) is 19.3. The Kier molecular flexibility index (Phi) is 6.17. The maximum absolute atomic E-state index is 13.1. The molecule has 1 N–H and O–H groups in total. The van der Waals surface area contributed by atoms with E-state index in [0.717, 1.165) is 38.7 Å². The van der Waals surface area contributed by atoms with Gasteiger partial charge >= 0.3 is 0 Å². The Morgan fingerprint density at radius 1 is 1.25 bits per heavy atom. The molecule has 146 valence electrons. The second kappa shape index (κ2) is 8.97. The molecule has 0 saturated heterocycles. The number of aromatic nitrogens is 1. The van der Waals surface area contributed by atoms with E-state index in [-0.39, 0.29) is 11.2 Å². The van der Waals surface area contributed by atoms with E-state index in [1.165, 1.54) is 24.6 Å². The van der Waals surface area contributed by atoms with Crippen LogP contribution in [0.4, 0.5) is 0 Å². The highest BCUT2D eigenvalue weighted by Gasteiger charge is 2.27. The lowest BCUT2D eigenvalue weighted by atomic mass is 10.1. The van der Waals surface area contributed by atoms with Crippen LogP contribution in [0, 0.1) is 0 Å². The van der Waals surface area contributed by atoms with Gasteiger partial charge in [-0.25, -0.2) is 4.98 Å². The van der Waals surface area contributed by atoms with Crippen molar-refractivity contribution in [3.05, 3.63) is 54.1 Å². The Bertz CT molecular complexity index is 936. The van der Waals surface area contributed by atoms with Crippen LogP contribution in [-0.4, -0.2) is 23.5 Å². The van der Waals surface area contributed by atoms with Crippen molar-refractivity contribution in [2.45, 2.75) is 48.2 Å². The Balaban J connectivity index is 1.57. The molecule has 6 heteroatoms. The van der Waals surface area contributed by atoms with Gasteiger partial charge in [-0.1, -0.05) is 54.9 Å². The average Bonchev–Trinajstić information content (AvgIpc) is 3.36. The number of ether oxygens (including phenoxy) is 1. The van der Waals surface area contributed by atoms with Gasteiger partial charge in [-0.15, -0.1) is 11.3 Å². The number of nitrogens with zero attached hydrogens (tertiary/aromatic N) is 1. The van der Waals surface area contributed by atoms with Crippen LogP contribution in [0.15, 0.2) is 52.9 Å². The SMILES string of the molecule is CCOc1ccc2nc(SC(C(=O)NC3CCCC3)c3ccccc3)sc2c1. The molecule has 0 radical (unpaired) electrons. The molecule has 1 unspecified atom stereocenters. The number of rotatable bonds is 7. The Hall–Kier alpha value is -2.05.